The molecule has 6 aromatic rings. The number of pyridine rings is 2. The second kappa shape index (κ2) is 12.9. The number of hydrogen-bond donors (Lipinski definition) is 0. The summed E-state index contributed by atoms with van der Waals surface area (Å²) in [5.74, 6) is 6.10. The van der Waals surface area contributed by atoms with Crippen molar-refractivity contribution in [2.24, 2.45) is 0 Å². The van der Waals surface area contributed by atoms with Crippen LogP contribution in [-0.4, -0.2) is 23.2 Å². The van der Waals surface area contributed by atoms with Crippen LogP contribution in [0.4, 0.5) is 4.39 Å². The first kappa shape index (κ1) is 25.2. The van der Waals surface area contributed by atoms with Gasteiger partial charge in [-0.05, 0) is 22.7 Å². The molecular weight excluding hydrogens is 772 g/mol. The predicted octanol–water partition coefficient (Wildman–Crippen LogP) is 9.59. The average Bonchev–Trinajstić information content (AvgIpc) is 3.39. The summed E-state index contributed by atoms with van der Waals surface area (Å²) in [6, 6.07) is 25.8. The number of furan rings is 1. The Bertz CT molecular complexity index is 2100. The van der Waals surface area contributed by atoms with E-state index in [4.69, 9.17) is 12.6 Å². The van der Waals surface area contributed by atoms with Crippen molar-refractivity contribution in [2.75, 3.05) is 0 Å². The van der Waals surface area contributed by atoms with Gasteiger partial charge < -0.3 is 9.40 Å². The van der Waals surface area contributed by atoms with Gasteiger partial charge in [-0.3, -0.25) is 0 Å². The standard InChI is InChI=1S/C21H17FNO.C16H20GeN.Ir/c1-21(2,3)16-11-18(23-12-17(16)22)15-9-6-8-14-13-7-4-5-10-19(13)24-20(14)15;1-12-6-8-14(9-7-12)16-10-13(2)15(11-18-16)17(3,4)5;/h4-8,10-12H,1-3H3;6-8,10-11H,1-5H3;/q2*-1;/i;1D3,2D3;. The molecule has 1 radical (unpaired) electrons. The quantitative estimate of drug-likeness (QED) is 0.132. The fourth-order valence-corrected chi connectivity index (χ4v) is 7.61. The number of aryl methyl sites for hydroxylation is 2. The van der Waals surface area contributed by atoms with Crippen LogP contribution in [0.25, 0.3) is 44.5 Å². The van der Waals surface area contributed by atoms with E-state index < -0.39 is 27.0 Å². The average molecular weight is 816 g/mol. The molecule has 3 heterocycles. The summed E-state index contributed by atoms with van der Waals surface area (Å²) in [4.78, 5) is 8.68. The summed E-state index contributed by atoms with van der Waals surface area (Å²) in [5.41, 5.74) is 4.94. The third-order valence-corrected chi connectivity index (χ3v) is 11.3. The van der Waals surface area contributed by atoms with Crippen LogP contribution in [0.5, 0.6) is 0 Å². The number of hydrogen-bond acceptors (Lipinski definition) is 3. The molecule has 0 aliphatic carbocycles. The zero-order valence-electron chi connectivity index (χ0n) is 31.0. The van der Waals surface area contributed by atoms with Gasteiger partial charge in [-0.25, -0.2) is 4.39 Å². The second-order valence-corrected chi connectivity index (χ2v) is 22.9. The molecule has 0 N–H and O–H groups in total. The van der Waals surface area contributed by atoms with Crippen LogP contribution in [0.15, 0.2) is 83.5 Å². The number of aromatic nitrogens is 2. The Labute approximate surface area is 279 Å². The Morgan fingerprint density at radius 3 is 2.33 bits per heavy atom. The van der Waals surface area contributed by atoms with Crippen molar-refractivity contribution in [3.05, 3.63) is 114 Å². The molecule has 0 bridgehead atoms. The molecule has 3 nitrogen and oxygen atoms in total. The van der Waals surface area contributed by atoms with E-state index in [1.165, 1.54) is 18.3 Å². The van der Waals surface area contributed by atoms with Crippen molar-refractivity contribution >= 4 is 39.6 Å². The first-order valence-corrected chi connectivity index (χ1v) is 21.1. The Morgan fingerprint density at radius 2 is 1.65 bits per heavy atom. The molecule has 0 saturated heterocycles. The maximum absolute atomic E-state index is 14.2. The van der Waals surface area contributed by atoms with Crippen molar-refractivity contribution in [3.63, 3.8) is 0 Å². The van der Waals surface area contributed by atoms with Gasteiger partial charge in [0.05, 0.1) is 11.8 Å². The molecule has 6 heteroatoms. The number of rotatable bonds is 3. The first-order chi connectivity index (χ1) is 22.2. The van der Waals surface area contributed by atoms with E-state index in [1.54, 1.807) is 24.4 Å². The number of halogens is 1. The minimum absolute atomic E-state index is 0. The van der Waals surface area contributed by atoms with Crippen molar-refractivity contribution in [1.82, 2.24) is 9.97 Å². The minimum atomic E-state index is -2.38. The molecule has 0 fully saturated rings. The first-order valence-electron chi connectivity index (χ1n) is 16.8. The Hall–Kier alpha value is -3.12. The van der Waals surface area contributed by atoms with E-state index in [0.29, 0.717) is 28.1 Å². The van der Waals surface area contributed by atoms with Crippen LogP contribution < -0.4 is 4.40 Å². The van der Waals surface area contributed by atoms with Gasteiger partial charge in [0.1, 0.15) is 11.4 Å². The zero-order chi connectivity index (χ0) is 35.2. The predicted molar refractivity (Wildman–Crippen MR) is 175 cm³/mol. The van der Waals surface area contributed by atoms with Gasteiger partial charge in [0.2, 0.25) is 0 Å². The summed E-state index contributed by atoms with van der Waals surface area (Å²) in [6.07, 6.45) is 2.95. The van der Waals surface area contributed by atoms with E-state index >= 15 is 0 Å². The number of benzene rings is 3. The molecule has 0 aliphatic heterocycles. The molecule has 0 atom stereocenters. The second-order valence-electron chi connectivity index (χ2n) is 12.3. The van der Waals surface area contributed by atoms with Crippen LogP contribution in [0.3, 0.4) is 0 Å². The zero-order valence-corrected chi connectivity index (χ0v) is 29.5. The van der Waals surface area contributed by atoms with Gasteiger partial charge in [-0.15, -0.1) is 18.2 Å². The Morgan fingerprint density at radius 1 is 0.884 bits per heavy atom. The van der Waals surface area contributed by atoms with Gasteiger partial charge in [-0.2, -0.15) is 0 Å². The largest absolute Gasteiger partial charge is 0 e. The third kappa shape index (κ3) is 7.17. The molecule has 0 amide bonds. The molecule has 0 saturated carbocycles. The van der Waals surface area contributed by atoms with E-state index in [1.807, 2.05) is 57.2 Å². The fraction of sp³-hybridized carbons (Fsp3) is 0.243. The number of fused-ring (bicyclic) bond motifs is 3. The normalized spacial score (nSPS) is 14.3. The maximum Gasteiger partial charge on any atom is 0 e. The minimum Gasteiger partial charge on any atom is 0 e. The van der Waals surface area contributed by atoms with E-state index in [0.717, 1.165) is 31.9 Å². The Kier molecular flexibility index (Phi) is 7.54. The van der Waals surface area contributed by atoms with Gasteiger partial charge in [0.25, 0.3) is 0 Å². The van der Waals surface area contributed by atoms with Gasteiger partial charge in [0.15, 0.2) is 0 Å². The summed E-state index contributed by atoms with van der Waals surface area (Å²) >= 11 is -2.38. The van der Waals surface area contributed by atoms with Crippen molar-refractivity contribution in [1.29, 1.82) is 0 Å². The fourth-order valence-electron chi connectivity index (χ4n) is 4.82. The summed E-state index contributed by atoms with van der Waals surface area (Å²) < 4.78 is 66.7. The van der Waals surface area contributed by atoms with Crippen LogP contribution >= 0.6 is 0 Å². The van der Waals surface area contributed by atoms with Crippen LogP contribution in [0.2, 0.25) is 17.3 Å². The number of para-hydroxylation sites is 1. The van der Waals surface area contributed by atoms with E-state index in [2.05, 4.69) is 39.4 Å². The molecule has 3 aromatic carbocycles. The molecule has 43 heavy (non-hydrogen) atoms. The molecule has 0 spiro atoms. The number of nitrogens with zero attached hydrogens (tertiary/aromatic N) is 2. The van der Waals surface area contributed by atoms with E-state index in [9.17, 15) is 4.39 Å². The molecular formula is C37H37FGeIrN2O-2. The monoisotopic (exact) mass is 817 g/mol. The topological polar surface area (TPSA) is 38.9 Å². The SMILES string of the molecule is CC(C)(C)c1cc(-c2[c-]ccc3c2oc2ccccc23)ncc1F.[2H]C([2H])([2H])c1c[c-]c(-c2cc(C([2H])([2H])[2H])[c]([Ge]([CH3])([CH3])[CH3])cn2)cc1.[Ir]. The summed E-state index contributed by atoms with van der Waals surface area (Å²) in [7, 11) is 0. The molecule has 223 valence electrons. The summed E-state index contributed by atoms with van der Waals surface area (Å²) in [6.45, 7) is 1.57. The van der Waals surface area contributed by atoms with Crippen molar-refractivity contribution in [3.8, 4) is 22.5 Å². The molecule has 6 rings (SSSR count). The van der Waals surface area contributed by atoms with Crippen LogP contribution in [0.1, 0.15) is 45.7 Å². The molecule has 0 unspecified atom stereocenters. The van der Waals surface area contributed by atoms with Crippen molar-refractivity contribution < 1.29 is 37.1 Å². The summed E-state index contributed by atoms with van der Waals surface area (Å²) in [5, 5.41) is 2.07. The smallest absolute Gasteiger partial charge is 0 e. The van der Waals surface area contributed by atoms with Gasteiger partial charge in [0, 0.05) is 25.5 Å². The van der Waals surface area contributed by atoms with Crippen LogP contribution in [-0.2, 0) is 25.5 Å². The molecule has 3 aromatic heterocycles. The van der Waals surface area contributed by atoms with Gasteiger partial charge >= 0.3 is 121 Å². The van der Waals surface area contributed by atoms with E-state index in [-0.39, 0.29) is 36.9 Å². The maximum atomic E-state index is 14.2. The van der Waals surface area contributed by atoms with Crippen molar-refractivity contribution in [2.45, 2.75) is 57.2 Å². The third-order valence-electron chi connectivity index (χ3n) is 7.06. The Balaban J connectivity index is 0.000000216. The van der Waals surface area contributed by atoms with Crippen LogP contribution in [0, 0.1) is 31.7 Å². The van der Waals surface area contributed by atoms with Gasteiger partial charge in [-0.1, -0.05) is 56.0 Å². The molecule has 0 aliphatic rings.